The molecule has 0 atom stereocenters. The molecule has 5 aromatic heterocycles. The van der Waals surface area contributed by atoms with E-state index in [0.29, 0.717) is 39.5 Å². The average Bonchev–Trinajstić information content (AvgIpc) is 3.90. The maximum Gasteiger partial charge on any atom is 0.160 e. The van der Waals surface area contributed by atoms with Crippen molar-refractivity contribution in [1.82, 2.24) is 18.3 Å². The van der Waals surface area contributed by atoms with Crippen LogP contribution < -0.4 is 0 Å². The van der Waals surface area contributed by atoms with Crippen LogP contribution >= 0.6 is 0 Å². The first-order chi connectivity index (χ1) is 40.2. The Bertz CT molecular complexity index is 5460. The van der Waals surface area contributed by atoms with Gasteiger partial charge >= 0.3 is 0 Å². The fourth-order valence-corrected chi connectivity index (χ4v) is 13.5. The van der Waals surface area contributed by atoms with Crippen molar-refractivity contribution >= 4 is 109 Å². The molecule has 7 heteroatoms. The van der Waals surface area contributed by atoms with Gasteiger partial charge in [0.05, 0.1) is 66.9 Å². The van der Waals surface area contributed by atoms with Gasteiger partial charge in [0.1, 0.15) is 28.8 Å². The van der Waals surface area contributed by atoms with Crippen LogP contribution in [0, 0.1) is 22.7 Å². The molecule has 0 aliphatic heterocycles. The summed E-state index contributed by atoms with van der Waals surface area (Å²) >= 11 is 0. The highest BCUT2D eigenvalue weighted by Crippen LogP contribution is 2.50. The van der Waals surface area contributed by atoms with E-state index in [4.69, 9.17) is 4.42 Å². The second kappa shape index (κ2) is 17.1. The van der Waals surface area contributed by atoms with E-state index in [9.17, 15) is 10.5 Å². The smallest absolute Gasteiger partial charge is 0.160 e. The first-order valence-corrected chi connectivity index (χ1v) is 27.2. The lowest BCUT2D eigenvalue weighted by Crippen LogP contribution is -2.16. The molecule has 0 radical (unpaired) electrons. The zero-order chi connectivity index (χ0) is 53.4. The van der Waals surface area contributed by atoms with E-state index in [1.165, 1.54) is 0 Å². The third-order valence-corrected chi connectivity index (χ3v) is 16.8. The van der Waals surface area contributed by atoms with Crippen molar-refractivity contribution < 1.29 is 4.42 Å². The highest BCUT2D eigenvalue weighted by atomic mass is 16.3. The Morgan fingerprint density at radius 3 is 1.00 bits per heavy atom. The second-order valence-electron chi connectivity index (χ2n) is 20.9. The molecular weight excluding hydrogens is 989 g/mol. The van der Waals surface area contributed by atoms with Crippen LogP contribution in [0.1, 0.15) is 11.1 Å². The van der Waals surface area contributed by atoms with Crippen molar-refractivity contribution in [2.45, 2.75) is 0 Å². The number of furan rings is 1. The van der Waals surface area contributed by atoms with Crippen molar-refractivity contribution in [3.05, 3.63) is 266 Å². The molecule has 0 saturated heterocycles. The van der Waals surface area contributed by atoms with E-state index in [0.717, 1.165) is 126 Å². The summed E-state index contributed by atoms with van der Waals surface area (Å²) in [6.45, 7) is 0. The predicted molar refractivity (Wildman–Crippen MR) is 331 cm³/mol. The van der Waals surface area contributed by atoms with E-state index in [2.05, 4.69) is 273 Å². The van der Waals surface area contributed by atoms with Crippen LogP contribution in [0.4, 0.5) is 0 Å². The van der Waals surface area contributed by atoms with Crippen molar-refractivity contribution in [3.8, 4) is 57.1 Å². The summed E-state index contributed by atoms with van der Waals surface area (Å²) in [4.78, 5) is 0. The van der Waals surface area contributed by atoms with Gasteiger partial charge in [0.2, 0.25) is 0 Å². The normalized spacial score (nSPS) is 11.9. The van der Waals surface area contributed by atoms with Crippen molar-refractivity contribution in [2.75, 3.05) is 0 Å². The van der Waals surface area contributed by atoms with Gasteiger partial charge in [-0.3, -0.25) is 0 Å². The molecule has 0 N–H and O–H groups in total. The van der Waals surface area contributed by atoms with Crippen LogP contribution in [0.5, 0.6) is 0 Å². The summed E-state index contributed by atoms with van der Waals surface area (Å²) in [7, 11) is 0. The van der Waals surface area contributed by atoms with Gasteiger partial charge < -0.3 is 22.7 Å². The summed E-state index contributed by atoms with van der Waals surface area (Å²) in [5.74, 6) is 0. The van der Waals surface area contributed by atoms with Gasteiger partial charge in [-0.25, -0.2) is 0 Å². The van der Waals surface area contributed by atoms with Crippen LogP contribution in [-0.2, 0) is 0 Å². The Labute approximate surface area is 463 Å². The molecule has 81 heavy (non-hydrogen) atoms. The molecule has 374 valence electrons. The van der Waals surface area contributed by atoms with Gasteiger partial charge in [-0.2, -0.15) is 10.5 Å². The second-order valence-corrected chi connectivity index (χ2v) is 20.9. The van der Waals surface area contributed by atoms with E-state index < -0.39 is 0 Å². The molecule has 0 fully saturated rings. The lowest BCUT2D eigenvalue weighted by Gasteiger charge is -2.27. The van der Waals surface area contributed by atoms with Crippen LogP contribution in [0.2, 0.25) is 0 Å². The number of hydrogen-bond acceptors (Lipinski definition) is 3. The van der Waals surface area contributed by atoms with Crippen LogP contribution in [0.3, 0.4) is 0 Å². The maximum absolute atomic E-state index is 12.9. The number of nitrogens with zero attached hydrogens (tertiary/aromatic N) is 6. The number of fused-ring (bicyclic) bond motifs is 16. The van der Waals surface area contributed by atoms with Gasteiger partial charge in [-0.1, -0.05) is 188 Å². The molecule has 0 saturated carbocycles. The highest BCUT2D eigenvalue weighted by Gasteiger charge is 2.35. The standard InChI is InChI=1S/C74H42N6O/c75-43-59-69(77-61-29-13-7-23-49(61)50-24-8-14-30-62(50)77)70(78-63-31-15-9-25-51(63)52-26-10-16-32-64(52)78)60(44-76)72(71(59)79-65-33-17-11-27-53(65)54-28-12-18-34-66(54)79)80-67-39-35-47(45-19-3-1-4-20-45)41-57(67)55-37-38-56-58-42-48(46-21-5-2-6-22-46)36-40-68(58)81-74(56)73(55)80/h1-42H. The van der Waals surface area contributed by atoms with Gasteiger partial charge in [0, 0.05) is 53.9 Å². The van der Waals surface area contributed by atoms with Crippen molar-refractivity contribution in [3.63, 3.8) is 0 Å². The monoisotopic (exact) mass is 1030 g/mol. The molecule has 0 spiro atoms. The summed E-state index contributed by atoms with van der Waals surface area (Å²) < 4.78 is 16.3. The zero-order valence-electron chi connectivity index (χ0n) is 43.3. The Hall–Kier alpha value is -11.4. The van der Waals surface area contributed by atoms with Crippen molar-refractivity contribution in [2.24, 2.45) is 0 Å². The number of aromatic nitrogens is 4. The molecule has 7 nitrogen and oxygen atoms in total. The van der Waals surface area contributed by atoms with E-state index in [-0.39, 0.29) is 0 Å². The topological polar surface area (TPSA) is 80.4 Å². The average molecular weight is 1030 g/mol. The van der Waals surface area contributed by atoms with E-state index in [1.54, 1.807) is 0 Å². The van der Waals surface area contributed by atoms with E-state index in [1.807, 2.05) is 12.1 Å². The molecule has 5 heterocycles. The number of para-hydroxylation sites is 6. The van der Waals surface area contributed by atoms with E-state index >= 15 is 0 Å². The summed E-state index contributed by atoms with van der Waals surface area (Å²) in [5, 5.41) is 35.7. The van der Waals surface area contributed by atoms with Gasteiger partial charge in [0.15, 0.2) is 5.58 Å². The van der Waals surface area contributed by atoms with Crippen molar-refractivity contribution in [1.29, 1.82) is 10.5 Å². The Balaban J connectivity index is 1.16. The zero-order valence-corrected chi connectivity index (χ0v) is 43.3. The molecule has 12 aromatic carbocycles. The summed E-state index contributed by atoms with van der Waals surface area (Å²) in [6.07, 6.45) is 0. The van der Waals surface area contributed by atoms with Crippen LogP contribution in [0.15, 0.2) is 259 Å². The molecule has 0 bridgehead atoms. The first-order valence-electron chi connectivity index (χ1n) is 27.2. The summed E-state index contributed by atoms with van der Waals surface area (Å²) in [5.41, 5.74) is 15.8. The number of hydrogen-bond donors (Lipinski definition) is 0. The Kier molecular flexibility index (Phi) is 9.42. The molecule has 0 aliphatic rings. The Morgan fingerprint density at radius 1 is 0.259 bits per heavy atom. The molecule has 17 aromatic rings. The van der Waals surface area contributed by atoms with Crippen LogP contribution in [-0.4, -0.2) is 18.3 Å². The van der Waals surface area contributed by atoms with Gasteiger partial charge in [-0.15, -0.1) is 0 Å². The summed E-state index contributed by atoms with van der Waals surface area (Å²) in [6, 6.07) is 94.7. The number of rotatable bonds is 6. The molecule has 0 aliphatic carbocycles. The minimum Gasteiger partial charge on any atom is -0.454 e. The SMILES string of the molecule is N#Cc1c(-n2c3ccccc3c3ccccc32)c(-n2c3ccccc3c3ccccc32)c(C#N)c(-n2c3ccc(-c4ccccc4)cc3c3ccc4c5cc(-c6ccccc6)ccc5oc4c32)c1-n1c2ccccc2c2ccccc21. The van der Waals surface area contributed by atoms with Gasteiger partial charge in [0.25, 0.3) is 0 Å². The largest absolute Gasteiger partial charge is 0.454 e. The molecule has 0 unspecified atom stereocenters. The maximum atomic E-state index is 12.9. The predicted octanol–water partition coefficient (Wildman–Crippen LogP) is 19.1. The van der Waals surface area contributed by atoms with Gasteiger partial charge in [-0.05, 0) is 89.0 Å². The molecule has 0 amide bonds. The minimum atomic E-state index is 0.375. The lowest BCUT2D eigenvalue weighted by atomic mass is 9.98. The molecule has 17 rings (SSSR count). The highest BCUT2D eigenvalue weighted by molar-refractivity contribution is 6.23. The third-order valence-electron chi connectivity index (χ3n) is 16.8. The minimum absolute atomic E-state index is 0.375. The Morgan fingerprint density at radius 2 is 0.593 bits per heavy atom. The number of nitriles is 2. The lowest BCUT2D eigenvalue weighted by molar-refractivity contribution is 0.671. The van der Waals surface area contributed by atoms with Crippen LogP contribution in [0.25, 0.3) is 154 Å². The number of benzene rings is 12. The fraction of sp³-hybridized carbons (Fsp3) is 0. The first kappa shape index (κ1) is 44.7. The fourth-order valence-electron chi connectivity index (χ4n) is 13.5. The molecular formula is C74H42N6O. The quantitative estimate of drug-likeness (QED) is 0.166. The third kappa shape index (κ3) is 6.20.